The molecule has 0 saturated heterocycles. The van der Waals surface area contributed by atoms with Crippen LogP contribution in [0.1, 0.15) is 39.5 Å². The Morgan fingerprint density at radius 2 is 2.12 bits per heavy atom. The van der Waals surface area contributed by atoms with Crippen molar-refractivity contribution in [1.82, 2.24) is 10.2 Å². The van der Waals surface area contributed by atoms with Crippen LogP contribution in [0.3, 0.4) is 0 Å². The second-order valence-electron chi connectivity index (χ2n) is 5.26. The molecule has 2 fully saturated rings. The molecular formula is C13H24N2O. The lowest BCUT2D eigenvalue weighted by atomic mass is 9.94. The van der Waals surface area contributed by atoms with Gasteiger partial charge in [0, 0.05) is 12.6 Å². The fourth-order valence-corrected chi connectivity index (χ4v) is 3.56. The van der Waals surface area contributed by atoms with E-state index >= 15 is 0 Å². The Morgan fingerprint density at radius 1 is 1.31 bits per heavy atom. The normalized spacial score (nSPS) is 32.3. The molecule has 3 heteroatoms. The number of nitrogens with zero attached hydrogens (tertiary/aromatic N) is 1. The maximum atomic E-state index is 11.6. The largest absolute Gasteiger partial charge is 0.355 e. The number of fused-ring (bicyclic) bond motifs is 2. The number of rotatable bonds is 5. The highest BCUT2D eigenvalue weighted by Crippen LogP contribution is 2.46. The Balaban J connectivity index is 1.87. The molecular weight excluding hydrogens is 200 g/mol. The average molecular weight is 224 g/mol. The van der Waals surface area contributed by atoms with Gasteiger partial charge >= 0.3 is 0 Å². The van der Waals surface area contributed by atoms with E-state index in [4.69, 9.17) is 0 Å². The SMILES string of the molecule is CCNC(=O)CN(CC)[C@@H]1C[C@H]2CC[C@H]1C2. The number of likely N-dealkylation sites (N-methyl/N-ethyl adjacent to an activating group) is 2. The molecule has 0 aliphatic heterocycles. The molecule has 2 aliphatic rings. The topological polar surface area (TPSA) is 32.3 Å². The van der Waals surface area contributed by atoms with Gasteiger partial charge in [-0.3, -0.25) is 9.69 Å². The van der Waals surface area contributed by atoms with Gasteiger partial charge in [0.2, 0.25) is 5.91 Å². The van der Waals surface area contributed by atoms with Crippen molar-refractivity contribution in [3.05, 3.63) is 0 Å². The fraction of sp³-hybridized carbons (Fsp3) is 0.923. The van der Waals surface area contributed by atoms with E-state index in [9.17, 15) is 4.79 Å². The van der Waals surface area contributed by atoms with E-state index in [1.54, 1.807) is 0 Å². The first-order valence-electron chi connectivity index (χ1n) is 6.75. The van der Waals surface area contributed by atoms with Crippen LogP contribution >= 0.6 is 0 Å². The van der Waals surface area contributed by atoms with Gasteiger partial charge in [-0.1, -0.05) is 13.3 Å². The highest BCUT2D eigenvalue weighted by molar-refractivity contribution is 5.77. The quantitative estimate of drug-likeness (QED) is 0.770. The van der Waals surface area contributed by atoms with Crippen molar-refractivity contribution in [2.24, 2.45) is 11.8 Å². The molecule has 0 aromatic rings. The molecule has 1 N–H and O–H groups in total. The standard InChI is InChI=1S/C13H24N2O/c1-3-14-13(16)9-15(4-2)12-8-10-5-6-11(12)7-10/h10-12H,3-9H2,1-2H3,(H,14,16)/t10-,11-,12+/m0/s1. The number of carbonyl (C=O) groups excluding carboxylic acids is 1. The van der Waals surface area contributed by atoms with Crippen molar-refractivity contribution >= 4 is 5.91 Å². The summed E-state index contributed by atoms with van der Waals surface area (Å²) in [5.41, 5.74) is 0. The van der Waals surface area contributed by atoms with E-state index in [0.29, 0.717) is 12.6 Å². The number of hydrogen-bond donors (Lipinski definition) is 1. The van der Waals surface area contributed by atoms with Gasteiger partial charge in [0.25, 0.3) is 0 Å². The van der Waals surface area contributed by atoms with E-state index in [-0.39, 0.29) is 5.91 Å². The van der Waals surface area contributed by atoms with Gasteiger partial charge in [0.15, 0.2) is 0 Å². The predicted molar refractivity (Wildman–Crippen MR) is 65.2 cm³/mol. The zero-order chi connectivity index (χ0) is 11.5. The lowest BCUT2D eigenvalue weighted by Gasteiger charge is -2.33. The Kier molecular flexibility index (Phi) is 3.85. The van der Waals surface area contributed by atoms with Crippen LogP contribution in [0, 0.1) is 11.8 Å². The summed E-state index contributed by atoms with van der Waals surface area (Å²) in [6.07, 6.45) is 5.57. The van der Waals surface area contributed by atoms with Gasteiger partial charge < -0.3 is 5.32 Å². The number of hydrogen-bond acceptors (Lipinski definition) is 2. The van der Waals surface area contributed by atoms with Crippen molar-refractivity contribution in [3.8, 4) is 0 Å². The first-order valence-corrected chi connectivity index (χ1v) is 6.75. The molecule has 3 nitrogen and oxygen atoms in total. The number of carbonyl (C=O) groups is 1. The molecule has 92 valence electrons. The summed E-state index contributed by atoms with van der Waals surface area (Å²) in [5, 5.41) is 2.90. The van der Waals surface area contributed by atoms with Gasteiger partial charge in [-0.15, -0.1) is 0 Å². The lowest BCUT2D eigenvalue weighted by Crippen LogP contribution is -2.45. The van der Waals surface area contributed by atoms with Crippen LogP contribution < -0.4 is 5.32 Å². The van der Waals surface area contributed by atoms with Gasteiger partial charge in [-0.25, -0.2) is 0 Å². The van der Waals surface area contributed by atoms with Crippen LogP contribution in [0.25, 0.3) is 0 Å². The third-order valence-electron chi connectivity index (χ3n) is 4.30. The Labute approximate surface area is 98.6 Å². The number of amides is 1. The van der Waals surface area contributed by atoms with E-state index in [2.05, 4.69) is 17.1 Å². The minimum absolute atomic E-state index is 0.187. The van der Waals surface area contributed by atoms with Gasteiger partial charge in [-0.05, 0) is 44.6 Å². The third kappa shape index (κ3) is 2.40. The first kappa shape index (κ1) is 11.9. The maximum absolute atomic E-state index is 11.6. The molecule has 0 heterocycles. The zero-order valence-electron chi connectivity index (χ0n) is 10.5. The lowest BCUT2D eigenvalue weighted by molar-refractivity contribution is -0.122. The monoisotopic (exact) mass is 224 g/mol. The average Bonchev–Trinajstić information content (AvgIpc) is 2.87. The molecule has 2 rings (SSSR count). The van der Waals surface area contributed by atoms with Crippen LogP contribution in [-0.4, -0.2) is 36.5 Å². The van der Waals surface area contributed by atoms with Crippen LogP contribution in [0.15, 0.2) is 0 Å². The molecule has 0 aromatic carbocycles. The van der Waals surface area contributed by atoms with Crippen molar-refractivity contribution in [1.29, 1.82) is 0 Å². The molecule has 1 amide bonds. The summed E-state index contributed by atoms with van der Waals surface area (Å²) in [4.78, 5) is 14.0. The molecule has 3 atom stereocenters. The van der Waals surface area contributed by atoms with Crippen molar-refractivity contribution in [2.45, 2.75) is 45.6 Å². The minimum atomic E-state index is 0.187. The second kappa shape index (κ2) is 5.17. The smallest absolute Gasteiger partial charge is 0.234 e. The van der Waals surface area contributed by atoms with E-state index in [1.807, 2.05) is 6.92 Å². The van der Waals surface area contributed by atoms with Crippen molar-refractivity contribution in [3.63, 3.8) is 0 Å². The molecule has 0 aromatic heterocycles. The summed E-state index contributed by atoms with van der Waals surface area (Å²) in [6.45, 7) is 6.49. The fourth-order valence-electron chi connectivity index (χ4n) is 3.56. The van der Waals surface area contributed by atoms with Gasteiger partial charge in [0.05, 0.1) is 6.54 Å². The Hall–Kier alpha value is -0.570. The third-order valence-corrected chi connectivity index (χ3v) is 4.30. The Morgan fingerprint density at radius 3 is 2.62 bits per heavy atom. The summed E-state index contributed by atoms with van der Waals surface area (Å²) >= 11 is 0. The van der Waals surface area contributed by atoms with Crippen LogP contribution in [0.5, 0.6) is 0 Å². The van der Waals surface area contributed by atoms with E-state index < -0.39 is 0 Å². The first-order chi connectivity index (χ1) is 7.74. The van der Waals surface area contributed by atoms with Crippen LogP contribution in [0.2, 0.25) is 0 Å². The predicted octanol–water partition coefficient (Wildman–Crippen LogP) is 1.63. The van der Waals surface area contributed by atoms with Gasteiger partial charge in [-0.2, -0.15) is 0 Å². The highest BCUT2D eigenvalue weighted by Gasteiger charge is 2.42. The maximum Gasteiger partial charge on any atom is 0.234 e. The molecule has 0 spiro atoms. The molecule has 0 radical (unpaired) electrons. The Bertz CT molecular complexity index is 254. The summed E-state index contributed by atoms with van der Waals surface area (Å²) in [7, 11) is 0. The van der Waals surface area contributed by atoms with Crippen LogP contribution in [-0.2, 0) is 4.79 Å². The summed E-state index contributed by atoms with van der Waals surface area (Å²) in [5.74, 6) is 2.02. The molecule has 0 unspecified atom stereocenters. The van der Waals surface area contributed by atoms with Crippen LogP contribution in [0.4, 0.5) is 0 Å². The van der Waals surface area contributed by atoms with E-state index in [1.165, 1.54) is 25.7 Å². The highest BCUT2D eigenvalue weighted by atomic mass is 16.2. The molecule has 2 bridgehead atoms. The summed E-state index contributed by atoms with van der Waals surface area (Å²) in [6, 6.07) is 0.686. The molecule has 2 aliphatic carbocycles. The second-order valence-corrected chi connectivity index (χ2v) is 5.26. The zero-order valence-corrected chi connectivity index (χ0v) is 10.5. The number of nitrogens with one attached hydrogen (secondary N) is 1. The van der Waals surface area contributed by atoms with Crippen molar-refractivity contribution < 1.29 is 4.79 Å². The van der Waals surface area contributed by atoms with Crippen molar-refractivity contribution in [2.75, 3.05) is 19.6 Å². The minimum Gasteiger partial charge on any atom is -0.355 e. The molecule has 2 saturated carbocycles. The van der Waals surface area contributed by atoms with Gasteiger partial charge in [0.1, 0.15) is 0 Å². The van der Waals surface area contributed by atoms with E-state index in [0.717, 1.165) is 24.9 Å². The summed E-state index contributed by atoms with van der Waals surface area (Å²) < 4.78 is 0. The molecule has 16 heavy (non-hydrogen) atoms.